The van der Waals surface area contributed by atoms with E-state index in [0.717, 1.165) is 22.5 Å². The van der Waals surface area contributed by atoms with Gasteiger partial charge in [0.05, 0.1) is 4.47 Å². The summed E-state index contributed by atoms with van der Waals surface area (Å²) in [5, 5.41) is 0. The molecule has 0 unspecified atom stereocenters. The van der Waals surface area contributed by atoms with Crippen molar-refractivity contribution in [3.8, 4) is 11.5 Å². The van der Waals surface area contributed by atoms with Crippen molar-refractivity contribution < 1.29 is 14.3 Å². The molecule has 2 aromatic carbocycles. The van der Waals surface area contributed by atoms with Crippen molar-refractivity contribution in [3.63, 3.8) is 0 Å². The van der Waals surface area contributed by atoms with E-state index in [1.807, 2.05) is 36.4 Å². The SMILES string of the molecule is O=C1C(Oc2ccc(C3CC3)cc2)=CCN1c1ccc(OCCN2CCCCC2)c(Br)c1. The maximum Gasteiger partial charge on any atom is 0.294 e. The average molecular weight is 497 g/mol. The highest BCUT2D eigenvalue weighted by Gasteiger charge is 2.28. The van der Waals surface area contributed by atoms with Gasteiger partial charge in [-0.05, 0) is 103 Å². The second-order valence-electron chi connectivity index (χ2n) is 8.79. The third-order valence-electron chi connectivity index (χ3n) is 6.41. The fraction of sp³-hybridized carbons (Fsp3) is 0.423. The standard InChI is InChI=1S/C26H29BrN2O3/c27-23-18-21(8-11-24(23)31-17-16-28-13-2-1-3-14-28)29-15-12-25(26(29)30)32-22-9-6-20(7-10-22)19-4-5-19/h6-12,18-19H,1-5,13-17H2. The minimum absolute atomic E-state index is 0.123. The van der Waals surface area contributed by atoms with Crippen LogP contribution in [0.25, 0.3) is 0 Å². The first-order valence-electron chi connectivity index (χ1n) is 11.6. The topological polar surface area (TPSA) is 42.0 Å². The summed E-state index contributed by atoms with van der Waals surface area (Å²) < 4.78 is 12.7. The van der Waals surface area contributed by atoms with Crippen LogP contribution in [0.15, 0.2) is 58.8 Å². The molecule has 5 rings (SSSR count). The van der Waals surface area contributed by atoms with Crippen LogP contribution >= 0.6 is 15.9 Å². The number of piperidine rings is 1. The maximum atomic E-state index is 12.9. The summed E-state index contributed by atoms with van der Waals surface area (Å²) in [6, 6.07) is 13.9. The van der Waals surface area contributed by atoms with Crippen LogP contribution in [0.5, 0.6) is 11.5 Å². The van der Waals surface area contributed by atoms with Crippen LogP contribution in [0, 0.1) is 0 Å². The Bertz CT molecular complexity index is 995. The summed E-state index contributed by atoms with van der Waals surface area (Å²) in [6.07, 6.45) is 8.30. The number of amides is 1. The predicted octanol–water partition coefficient (Wildman–Crippen LogP) is 5.50. The van der Waals surface area contributed by atoms with Gasteiger partial charge in [-0.1, -0.05) is 18.6 Å². The second-order valence-corrected chi connectivity index (χ2v) is 9.65. The van der Waals surface area contributed by atoms with E-state index in [9.17, 15) is 4.79 Å². The Morgan fingerprint density at radius 2 is 1.78 bits per heavy atom. The number of hydrogen-bond donors (Lipinski definition) is 0. The average Bonchev–Trinajstić information content (AvgIpc) is 3.60. The maximum absolute atomic E-state index is 12.9. The molecule has 1 amide bonds. The number of ether oxygens (including phenoxy) is 2. The fourth-order valence-electron chi connectivity index (χ4n) is 4.38. The molecular weight excluding hydrogens is 468 g/mol. The summed E-state index contributed by atoms with van der Waals surface area (Å²) in [4.78, 5) is 17.1. The van der Waals surface area contributed by atoms with Gasteiger partial charge < -0.3 is 14.4 Å². The van der Waals surface area contributed by atoms with Crippen LogP contribution in [0.3, 0.4) is 0 Å². The van der Waals surface area contributed by atoms with E-state index < -0.39 is 0 Å². The minimum atomic E-state index is -0.123. The molecule has 1 saturated carbocycles. The molecule has 0 N–H and O–H groups in total. The zero-order valence-electron chi connectivity index (χ0n) is 18.3. The normalized spacial score (nSPS) is 19.2. The molecule has 2 aliphatic heterocycles. The van der Waals surface area contributed by atoms with Crippen LogP contribution < -0.4 is 14.4 Å². The molecule has 2 fully saturated rings. The van der Waals surface area contributed by atoms with Gasteiger partial charge in [0.15, 0.2) is 5.76 Å². The second kappa shape index (κ2) is 9.67. The third-order valence-corrected chi connectivity index (χ3v) is 7.03. The number of carbonyl (C=O) groups excluding carboxylic acids is 1. The van der Waals surface area contributed by atoms with Gasteiger partial charge in [-0.25, -0.2) is 0 Å². The summed E-state index contributed by atoms with van der Waals surface area (Å²) in [7, 11) is 0. The quantitative estimate of drug-likeness (QED) is 0.483. The number of carbonyl (C=O) groups is 1. The molecule has 0 radical (unpaired) electrons. The van der Waals surface area contributed by atoms with Crippen molar-refractivity contribution in [3.05, 3.63) is 64.3 Å². The highest BCUT2D eigenvalue weighted by molar-refractivity contribution is 9.10. The van der Waals surface area contributed by atoms with E-state index >= 15 is 0 Å². The lowest BCUT2D eigenvalue weighted by atomic mass is 10.1. The molecule has 6 heteroatoms. The van der Waals surface area contributed by atoms with E-state index in [2.05, 4.69) is 33.0 Å². The Morgan fingerprint density at radius 1 is 1.00 bits per heavy atom. The predicted molar refractivity (Wildman–Crippen MR) is 129 cm³/mol. The summed E-state index contributed by atoms with van der Waals surface area (Å²) >= 11 is 3.61. The molecule has 0 aromatic heterocycles. The zero-order chi connectivity index (χ0) is 21.9. The van der Waals surface area contributed by atoms with Crippen molar-refractivity contribution in [1.82, 2.24) is 4.90 Å². The Balaban J connectivity index is 1.16. The Kier molecular flexibility index (Phi) is 6.51. The van der Waals surface area contributed by atoms with E-state index in [1.54, 1.807) is 4.90 Å². The van der Waals surface area contributed by atoms with Gasteiger partial charge in [0.2, 0.25) is 0 Å². The van der Waals surface area contributed by atoms with Crippen molar-refractivity contribution in [1.29, 1.82) is 0 Å². The number of benzene rings is 2. The molecule has 0 atom stereocenters. The molecule has 5 nitrogen and oxygen atoms in total. The molecule has 0 spiro atoms. The van der Waals surface area contributed by atoms with Gasteiger partial charge in [-0.15, -0.1) is 0 Å². The lowest BCUT2D eigenvalue weighted by molar-refractivity contribution is -0.116. The van der Waals surface area contributed by atoms with Crippen LogP contribution in [-0.2, 0) is 4.79 Å². The number of rotatable bonds is 8. The molecular formula is C26H29BrN2O3. The molecule has 1 aliphatic carbocycles. The first-order valence-corrected chi connectivity index (χ1v) is 12.4. The van der Waals surface area contributed by atoms with E-state index in [1.165, 1.54) is 50.8 Å². The number of anilines is 1. The van der Waals surface area contributed by atoms with E-state index in [-0.39, 0.29) is 5.91 Å². The highest BCUT2D eigenvalue weighted by atomic mass is 79.9. The Morgan fingerprint density at radius 3 is 2.50 bits per heavy atom. The summed E-state index contributed by atoms with van der Waals surface area (Å²) in [5.41, 5.74) is 2.18. The van der Waals surface area contributed by atoms with Gasteiger partial charge in [0.1, 0.15) is 18.1 Å². The Hall–Kier alpha value is -2.31. The van der Waals surface area contributed by atoms with Crippen LogP contribution in [0.2, 0.25) is 0 Å². The summed E-state index contributed by atoms with van der Waals surface area (Å²) in [5.74, 6) is 2.47. The molecule has 2 aromatic rings. The van der Waals surface area contributed by atoms with Crippen LogP contribution in [0.4, 0.5) is 5.69 Å². The largest absolute Gasteiger partial charge is 0.491 e. The van der Waals surface area contributed by atoms with E-state index in [4.69, 9.17) is 9.47 Å². The van der Waals surface area contributed by atoms with Crippen LogP contribution in [0.1, 0.15) is 43.6 Å². The van der Waals surface area contributed by atoms with Crippen molar-refractivity contribution in [2.45, 2.75) is 38.0 Å². The van der Waals surface area contributed by atoms with Crippen molar-refractivity contribution in [2.24, 2.45) is 0 Å². The third kappa shape index (κ3) is 5.02. The lowest BCUT2D eigenvalue weighted by Gasteiger charge is -2.26. The van der Waals surface area contributed by atoms with E-state index in [0.29, 0.717) is 30.6 Å². The number of likely N-dealkylation sites (tertiary alicyclic amines) is 1. The molecule has 1 saturated heterocycles. The molecule has 168 valence electrons. The minimum Gasteiger partial charge on any atom is -0.491 e. The van der Waals surface area contributed by atoms with Crippen LogP contribution in [-0.4, -0.2) is 43.6 Å². The first kappa shape index (κ1) is 21.5. The lowest BCUT2D eigenvalue weighted by Crippen LogP contribution is -2.33. The smallest absolute Gasteiger partial charge is 0.294 e. The molecule has 0 bridgehead atoms. The molecule has 32 heavy (non-hydrogen) atoms. The first-order chi connectivity index (χ1) is 15.7. The zero-order valence-corrected chi connectivity index (χ0v) is 19.9. The Labute approximate surface area is 198 Å². The van der Waals surface area contributed by atoms with Crippen molar-refractivity contribution >= 4 is 27.5 Å². The summed E-state index contributed by atoms with van der Waals surface area (Å²) in [6.45, 7) is 4.45. The van der Waals surface area contributed by atoms with Gasteiger partial charge in [-0.2, -0.15) is 0 Å². The monoisotopic (exact) mass is 496 g/mol. The number of hydrogen-bond acceptors (Lipinski definition) is 4. The van der Waals surface area contributed by atoms with Crippen molar-refractivity contribution in [2.75, 3.05) is 37.7 Å². The van der Waals surface area contributed by atoms with Gasteiger partial charge in [0, 0.05) is 18.8 Å². The fourth-order valence-corrected chi connectivity index (χ4v) is 4.86. The van der Waals surface area contributed by atoms with Gasteiger partial charge >= 0.3 is 0 Å². The van der Waals surface area contributed by atoms with Gasteiger partial charge in [-0.3, -0.25) is 9.69 Å². The molecule has 3 aliphatic rings. The molecule has 2 heterocycles. The highest BCUT2D eigenvalue weighted by Crippen LogP contribution is 2.40. The van der Waals surface area contributed by atoms with Gasteiger partial charge in [0.25, 0.3) is 5.91 Å². The number of halogens is 1. The number of nitrogens with zero attached hydrogens (tertiary/aromatic N) is 2.